The fourth-order valence-electron chi connectivity index (χ4n) is 2.18. The van der Waals surface area contributed by atoms with E-state index in [1.54, 1.807) is 10.9 Å². The van der Waals surface area contributed by atoms with E-state index in [0.29, 0.717) is 12.1 Å². The number of carbonyl (C=O) groups is 1. The number of nitrogens with zero attached hydrogens (tertiary/aromatic N) is 2. The molecule has 0 fully saturated rings. The molecule has 2 N–H and O–H groups in total. The van der Waals surface area contributed by atoms with Crippen molar-refractivity contribution in [2.75, 3.05) is 11.9 Å². The Hall–Kier alpha value is -2.30. The summed E-state index contributed by atoms with van der Waals surface area (Å²) >= 11 is 0. The average Bonchev–Trinajstić information content (AvgIpc) is 2.78. The van der Waals surface area contributed by atoms with Gasteiger partial charge in [-0.2, -0.15) is 5.10 Å². The van der Waals surface area contributed by atoms with Crippen molar-refractivity contribution < 1.29 is 4.79 Å². The van der Waals surface area contributed by atoms with Crippen LogP contribution in [0.3, 0.4) is 0 Å². The van der Waals surface area contributed by atoms with Gasteiger partial charge in [0.05, 0.1) is 11.8 Å². The molecule has 5 nitrogen and oxygen atoms in total. The van der Waals surface area contributed by atoms with Crippen LogP contribution in [0.2, 0.25) is 0 Å². The first kappa shape index (κ1) is 15.1. The molecule has 21 heavy (non-hydrogen) atoms. The van der Waals surface area contributed by atoms with Gasteiger partial charge in [0.1, 0.15) is 0 Å². The second-order valence-corrected chi connectivity index (χ2v) is 5.14. The predicted molar refractivity (Wildman–Crippen MR) is 84.5 cm³/mol. The van der Waals surface area contributed by atoms with Gasteiger partial charge in [-0.15, -0.1) is 0 Å². The summed E-state index contributed by atoms with van der Waals surface area (Å²) in [5, 5.41) is 10.4. The molecule has 0 bridgehead atoms. The molecule has 1 heterocycles. The molecule has 0 aliphatic rings. The molecule has 0 saturated carbocycles. The Labute approximate surface area is 125 Å². The highest BCUT2D eigenvalue weighted by Gasteiger charge is 2.12. The van der Waals surface area contributed by atoms with E-state index in [1.807, 2.05) is 46.0 Å². The number of carbonyl (C=O) groups excluding carboxylic acids is 1. The zero-order valence-corrected chi connectivity index (χ0v) is 13.0. The first-order valence-electron chi connectivity index (χ1n) is 7.13. The van der Waals surface area contributed by atoms with E-state index < -0.39 is 0 Å². The number of rotatable bonds is 5. The number of hydrogen-bond acceptors (Lipinski definition) is 3. The third-order valence-electron chi connectivity index (χ3n) is 3.56. The van der Waals surface area contributed by atoms with E-state index in [-0.39, 0.29) is 5.91 Å². The second kappa shape index (κ2) is 6.43. The minimum atomic E-state index is -0.0714. The predicted octanol–water partition coefficient (Wildman–Crippen LogP) is 2.40. The van der Waals surface area contributed by atoms with Gasteiger partial charge in [0.2, 0.25) is 0 Å². The summed E-state index contributed by atoms with van der Waals surface area (Å²) in [5.41, 5.74) is 4.70. The highest BCUT2D eigenvalue weighted by Crippen LogP contribution is 2.17. The molecule has 0 aliphatic heterocycles. The summed E-state index contributed by atoms with van der Waals surface area (Å²) < 4.78 is 1.80. The number of aromatic nitrogens is 2. The van der Waals surface area contributed by atoms with Crippen molar-refractivity contribution in [2.45, 2.75) is 27.3 Å². The Morgan fingerprint density at radius 2 is 2.10 bits per heavy atom. The molecular formula is C16H22N4O. The van der Waals surface area contributed by atoms with Crippen molar-refractivity contribution in [1.29, 1.82) is 0 Å². The lowest BCUT2D eigenvalue weighted by Gasteiger charge is -2.12. The Bertz CT molecular complexity index is 646. The summed E-state index contributed by atoms with van der Waals surface area (Å²) in [6.07, 6.45) is 1.79. The van der Waals surface area contributed by atoms with Gasteiger partial charge in [-0.1, -0.05) is 11.6 Å². The van der Waals surface area contributed by atoms with Crippen molar-refractivity contribution in [1.82, 2.24) is 15.1 Å². The summed E-state index contributed by atoms with van der Waals surface area (Å²) in [7, 11) is 1.89. The molecule has 1 aromatic carbocycles. The Balaban J connectivity index is 2.13. The fraction of sp³-hybridized carbons (Fsp3) is 0.375. The van der Waals surface area contributed by atoms with Gasteiger partial charge in [0.25, 0.3) is 5.91 Å². The van der Waals surface area contributed by atoms with Crippen LogP contribution in [0.15, 0.2) is 24.4 Å². The van der Waals surface area contributed by atoms with Gasteiger partial charge in [-0.05, 0) is 32.9 Å². The molecule has 1 aromatic heterocycles. The van der Waals surface area contributed by atoms with Crippen LogP contribution in [0.1, 0.15) is 34.1 Å². The fourth-order valence-corrected chi connectivity index (χ4v) is 2.18. The van der Waals surface area contributed by atoms with Gasteiger partial charge >= 0.3 is 0 Å². The maximum atomic E-state index is 12.4. The van der Waals surface area contributed by atoms with Crippen molar-refractivity contribution in [3.05, 3.63) is 46.8 Å². The van der Waals surface area contributed by atoms with Gasteiger partial charge in [0, 0.05) is 37.1 Å². The zero-order chi connectivity index (χ0) is 15.4. The quantitative estimate of drug-likeness (QED) is 0.887. The van der Waals surface area contributed by atoms with Crippen LogP contribution in [0.25, 0.3) is 0 Å². The number of anilines is 1. The number of aryl methyl sites for hydroxylation is 2. The van der Waals surface area contributed by atoms with Crippen LogP contribution in [0.5, 0.6) is 0 Å². The van der Waals surface area contributed by atoms with Crippen molar-refractivity contribution >= 4 is 11.6 Å². The van der Waals surface area contributed by atoms with Gasteiger partial charge in [-0.25, -0.2) is 0 Å². The zero-order valence-electron chi connectivity index (χ0n) is 13.0. The lowest BCUT2D eigenvalue weighted by Crippen LogP contribution is -2.24. The number of amides is 1. The molecule has 0 saturated heterocycles. The van der Waals surface area contributed by atoms with E-state index in [1.165, 1.54) is 0 Å². The Morgan fingerprint density at radius 1 is 1.33 bits per heavy atom. The molecule has 2 rings (SSSR count). The molecular weight excluding hydrogens is 264 g/mol. The SMILES string of the molecule is CCNc1ccc(C)cc1C(=O)NCc1cnn(C)c1C. The standard InChI is InChI=1S/C16H22N4O/c1-5-17-15-7-6-11(2)8-14(15)16(21)18-9-13-10-19-20(4)12(13)3/h6-8,10,17H,5,9H2,1-4H3,(H,18,21). The molecule has 0 spiro atoms. The number of nitrogens with one attached hydrogen (secondary N) is 2. The minimum absolute atomic E-state index is 0.0714. The first-order chi connectivity index (χ1) is 10.0. The van der Waals surface area contributed by atoms with E-state index in [9.17, 15) is 4.79 Å². The molecule has 0 radical (unpaired) electrons. The smallest absolute Gasteiger partial charge is 0.253 e. The summed E-state index contributed by atoms with van der Waals surface area (Å²) in [6, 6.07) is 5.85. The third-order valence-corrected chi connectivity index (χ3v) is 3.56. The highest BCUT2D eigenvalue weighted by atomic mass is 16.1. The molecule has 1 amide bonds. The summed E-state index contributed by atoms with van der Waals surface area (Å²) in [4.78, 5) is 12.4. The van der Waals surface area contributed by atoms with Crippen LogP contribution in [-0.2, 0) is 13.6 Å². The minimum Gasteiger partial charge on any atom is -0.385 e. The van der Waals surface area contributed by atoms with Crippen LogP contribution in [0, 0.1) is 13.8 Å². The normalized spacial score (nSPS) is 10.5. The third kappa shape index (κ3) is 3.42. The number of hydrogen-bond donors (Lipinski definition) is 2. The average molecular weight is 286 g/mol. The Kier molecular flexibility index (Phi) is 4.62. The lowest BCUT2D eigenvalue weighted by atomic mass is 10.1. The van der Waals surface area contributed by atoms with Gasteiger partial charge in [-0.3, -0.25) is 9.48 Å². The van der Waals surface area contributed by atoms with Crippen LogP contribution in [0.4, 0.5) is 5.69 Å². The van der Waals surface area contributed by atoms with Gasteiger partial charge in [0.15, 0.2) is 0 Å². The molecule has 0 atom stereocenters. The lowest BCUT2D eigenvalue weighted by molar-refractivity contribution is 0.0951. The number of benzene rings is 1. The molecule has 112 valence electrons. The maximum Gasteiger partial charge on any atom is 0.253 e. The first-order valence-corrected chi connectivity index (χ1v) is 7.13. The summed E-state index contributed by atoms with van der Waals surface area (Å²) in [6.45, 7) is 7.26. The monoisotopic (exact) mass is 286 g/mol. The maximum absolute atomic E-state index is 12.4. The second-order valence-electron chi connectivity index (χ2n) is 5.14. The molecule has 0 unspecified atom stereocenters. The van der Waals surface area contributed by atoms with E-state index in [4.69, 9.17) is 0 Å². The van der Waals surface area contributed by atoms with Crippen molar-refractivity contribution in [2.24, 2.45) is 7.05 Å². The molecule has 2 aromatic rings. The van der Waals surface area contributed by atoms with Crippen molar-refractivity contribution in [3.8, 4) is 0 Å². The highest BCUT2D eigenvalue weighted by molar-refractivity contribution is 5.99. The van der Waals surface area contributed by atoms with E-state index >= 15 is 0 Å². The van der Waals surface area contributed by atoms with E-state index in [0.717, 1.165) is 29.1 Å². The topological polar surface area (TPSA) is 59.0 Å². The Morgan fingerprint density at radius 3 is 2.71 bits per heavy atom. The molecule has 0 aliphatic carbocycles. The van der Waals surface area contributed by atoms with Crippen LogP contribution >= 0.6 is 0 Å². The van der Waals surface area contributed by atoms with Crippen LogP contribution < -0.4 is 10.6 Å². The largest absolute Gasteiger partial charge is 0.385 e. The summed E-state index contributed by atoms with van der Waals surface area (Å²) in [5.74, 6) is -0.0714. The van der Waals surface area contributed by atoms with Crippen LogP contribution in [-0.4, -0.2) is 22.2 Å². The van der Waals surface area contributed by atoms with Crippen molar-refractivity contribution in [3.63, 3.8) is 0 Å². The van der Waals surface area contributed by atoms with E-state index in [2.05, 4.69) is 15.7 Å². The molecule has 5 heteroatoms. The van der Waals surface area contributed by atoms with Gasteiger partial charge < -0.3 is 10.6 Å².